The molecule has 21 heavy (non-hydrogen) atoms. The van der Waals surface area contributed by atoms with E-state index in [0.29, 0.717) is 6.54 Å². The Morgan fingerprint density at radius 1 is 1.19 bits per heavy atom. The molecular weight excluding hydrogens is 258 g/mol. The van der Waals surface area contributed by atoms with Gasteiger partial charge in [-0.2, -0.15) is 0 Å². The van der Waals surface area contributed by atoms with Gasteiger partial charge in [-0.05, 0) is 61.5 Å². The molecule has 1 atom stereocenters. The van der Waals surface area contributed by atoms with E-state index in [1.807, 2.05) is 0 Å². The summed E-state index contributed by atoms with van der Waals surface area (Å²) in [5, 5.41) is 11.5. The number of hydrogen-bond acceptors (Lipinski definition) is 2. The highest BCUT2D eigenvalue weighted by Crippen LogP contribution is 2.52. The fourth-order valence-electron chi connectivity index (χ4n) is 4.84. The summed E-state index contributed by atoms with van der Waals surface area (Å²) in [6.07, 6.45) is 6.15. The van der Waals surface area contributed by atoms with Crippen molar-refractivity contribution in [3.8, 4) is 0 Å². The van der Waals surface area contributed by atoms with Crippen LogP contribution in [0.3, 0.4) is 0 Å². The Morgan fingerprint density at radius 2 is 1.86 bits per heavy atom. The Balaban J connectivity index is 1.91. The molecular formula is C19H29NO. The van der Waals surface area contributed by atoms with Crippen molar-refractivity contribution in [2.45, 2.75) is 63.4 Å². The molecule has 1 unspecified atom stereocenters. The lowest BCUT2D eigenvalue weighted by Crippen LogP contribution is -2.56. The second kappa shape index (κ2) is 5.40. The SMILES string of the molecule is CC(C)C1CCC(O)(C2(CN)CCc3ccccc32)CC1. The number of hydrogen-bond donors (Lipinski definition) is 2. The summed E-state index contributed by atoms with van der Waals surface area (Å²) in [5.74, 6) is 1.48. The monoisotopic (exact) mass is 287 g/mol. The van der Waals surface area contributed by atoms with Crippen LogP contribution in [0.15, 0.2) is 24.3 Å². The summed E-state index contributed by atoms with van der Waals surface area (Å²) >= 11 is 0. The van der Waals surface area contributed by atoms with E-state index in [4.69, 9.17) is 5.73 Å². The minimum atomic E-state index is -0.611. The summed E-state index contributed by atoms with van der Waals surface area (Å²) < 4.78 is 0. The van der Waals surface area contributed by atoms with Crippen LogP contribution in [0, 0.1) is 11.8 Å². The maximum Gasteiger partial charge on any atom is 0.0756 e. The van der Waals surface area contributed by atoms with Crippen LogP contribution in [0.25, 0.3) is 0 Å². The summed E-state index contributed by atoms with van der Waals surface area (Å²) in [6.45, 7) is 5.17. The first-order valence-corrected chi connectivity index (χ1v) is 8.53. The molecule has 0 aromatic heterocycles. The lowest BCUT2D eigenvalue weighted by atomic mass is 9.60. The largest absolute Gasteiger partial charge is 0.389 e. The van der Waals surface area contributed by atoms with Crippen LogP contribution in [0.5, 0.6) is 0 Å². The zero-order valence-electron chi connectivity index (χ0n) is 13.4. The molecule has 0 spiro atoms. The van der Waals surface area contributed by atoms with Crippen molar-refractivity contribution < 1.29 is 5.11 Å². The lowest BCUT2D eigenvalue weighted by molar-refractivity contribution is -0.0786. The van der Waals surface area contributed by atoms with Gasteiger partial charge in [0.15, 0.2) is 0 Å². The van der Waals surface area contributed by atoms with Crippen LogP contribution < -0.4 is 5.73 Å². The molecule has 2 nitrogen and oxygen atoms in total. The molecule has 0 bridgehead atoms. The van der Waals surface area contributed by atoms with Crippen molar-refractivity contribution in [3.63, 3.8) is 0 Å². The standard InChI is InChI=1S/C19H29NO/c1-14(2)15-8-11-19(21,12-9-15)18(13-20)10-7-16-5-3-4-6-17(16)18/h3-6,14-15,21H,7-13,20H2,1-2H3. The van der Waals surface area contributed by atoms with Crippen LogP contribution in [0.2, 0.25) is 0 Å². The van der Waals surface area contributed by atoms with Gasteiger partial charge in [0.2, 0.25) is 0 Å². The van der Waals surface area contributed by atoms with E-state index in [1.165, 1.54) is 11.1 Å². The molecule has 2 aliphatic carbocycles. The van der Waals surface area contributed by atoms with E-state index < -0.39 is 5.60 Å². The zero-order chi connectivity index (χ0) is 15.1. The first-order valence-electron chi connectivity index (χ1n) is 8.53. The third kappa shape index (κ3) is 2.24. The number of aliphatic hydroxyl groups is 1. The highest BCUT2D eigenvalue weighted by atomic mass is 16.3. The minimum absolute atomic E-state index is 0.217. The second-order valence-corrected chi connectivity index (χ2v) is 7.56. The summed E-state index contributed by atoms with van der Waals surface area (Å²) in [4.78, 5) is 0. The number of fused-ring (bicyclic) bond motifs is 1. The number of nitrogens with two attached hydrogens (primary N) is 1. The number of aryl methyl sites for hydroxylation is 1. The Labute approximate surface area is 128 Å². The first kappa shape index (κ1) is 15.1. The topological polar surface area (TPSA) is 46.2 Å². The van der Waals surface area contributed by atoms with Crippen molar-refractivity contribution >= 4 is 0 Å². The highest BCUT2D eigenvalue weighted by Gasteiger charge is 2.54. The Bertz CT molecular complexity index is 502. The van der Waals surface area contributed by atoms with Gasteiger partial charge in [-0.1, -0.05) is 38.1 Å². The molecule has 1 aromatic rings. The van der Waals surface area contributed by atoms with Crippen molar-refractivity contribution in [3.05, 3.63) is 35.4 Å². The zero-order valence-corrected chi connectivity index (χ0v) is 13.4. The Morgan fingerprint density at radius 3 is 2.48 bits per heavy atom. The van der Waals surface area contributed by atoms with Crippen molar-refractivity contribution in [2.24, 2.45) is 17.6 Å². The van der Waals surface area contributed by atoms with Crippen LogP contribution >= 0.6 is 0 Å². The molecule has 1 aromatic carbocycles. The summed E-state index contributed by atoms with van der Waals surface area (Å²) in [6, 6.07) is 8.60. The van der Waals surface area contributed by atoms with Gasteiger partial charge in [0.05, 0.1) is 5.60 Å². The van der Waals surface area contributed by atoms with E-state index >= 15 is 0 Å². The normalized spacial score (nSPS) is 36.0. The van der Waals surface area contributed by atoms with Gasteiger partial charge in [0, 0.05) is 12.0 Å². The molecule has 116 valence electrons. The van der Waals surface area contributed by atoms with Gasteiger partial charge in [-0.3, -0.25) is 0 Å². The van der Waals surface area contributed by atoms with E-state index in [1.54, 1.807) is 0 Å². The average Bonchev–Trinajstić information content (AvgIpc) is 2.88. The quantitative estimate of drug-likeness (QED) is 0.895. The molecule has 2 heteroatoms. The number of benzene rings is 1. The van der Waals surface area contributed by atoms with Gasteiger partial charge in [-0.15, -0.1) is 0 Å². The molecule has 0 aliphatic heterocycles. The van der Waals surface area contributed by atoms with Crippen molar-refractivity contribution in [1.82, 2.24) is 0 Å². The van der Waals surface area contributed by atoms with Crippen LogP contribution in [0.1, 0.15) is 57.1 Å². The fraction of sp³-hybridized carbons (Fsp3) is 0.684. The molecule has 3 N–H and O–H groups in total. The van der Waals surface area contributed by atoms with E-state index in [9.17, 15) is 5.11 Å². The molecule has 0 saturated heterocycles. The van der Waals surface area contributed by atoms with E-state index in [2.05, 4.69) is 38.1 Å². The third-order valence-corrected chi connectivity index (χ3v) is 6.39. The predicted molar refractivity (Wildman–Crippen MR) is 87.2 cm³/mol. The van der Waals surface area contributed by atoms with Gasteiger partial charge >= 0.3 is 0 Å². The molecule has 0 amide bonds. The molecule has 2 aliphatic rings. The van der Waals surface area contributed by atoms with Gasteiger partial charge in [0.25, 0.3) is 0 Å². The summed E-state index contributed by atoms with van der Waals surface area (Å²) in [7, 11) is 0. The van der Waals surface area contributed by atoms with Crippen molar-refractivity contribution in [2.75, 3.05) is 6.54 Å². The molecule has 3 rings (SSSR count). The fourth-order valence-corrected chi connectivity index (χ4v) is 4.84. The van der Waals surface area contributed by atoms with Gasteiger partial charge < -0.3 is 10.8 Å². The highest BCUT2D eigenvalue weighted by molar-refractivity contribution is 5.43. The van der Waals surface area contributed by atoms with Crippen LogP contribution in [-0.2, 0) is 11.8 Å². The second-order valence-electron chi connectivity index (χ2n) is 7.56. The van der Waals surface area contributed by atoms with Crippen LogP contribution in [-0.4, -0.2) is 17.3 Å². The van der Waals surface area contributed by atoms with Crippen LogP contribution in [0.4, 0.5) is 0 Å². The maximum atomic E-state index is 11.5. The van der Waals surface area contributed by atoms with Gasteiger partial charge in [-0.25, -0.2) is 0 Å². The maximum absolute atomic E-state index is 11.5. The van der Waals surface area contributed by atoms with Gasteiger partial charge in [0.1, 0.15) is 0 Å². The molecule has 0 radical (unpaired) electrons. The molecule has 0 heterocycles. The number of rotatable bonds is 3. The predicted octanol–water partition coefficient (Wildman–Crippen LogP) is 3.41. The van der Waals surface area contributed by atoms with E-state index in [0.717, 1.165) is 50.4 Å². The smallest absolute Gasteiger partial charge is 0.0756 e. The minimum Gasteiger partial charge on any atom is -0.389 e. The first-order chi connectivity index (χ1) is 10.0. The summed E-state index contributed by atoms with van der Waals surface area (Å²) in [5.41, 5.74) is 8.11. The van der Waals surface area contributed by atoms with Crippen molar-refractivity contribution in [1.29, 1.82) is 0 Å². The third-order valence-electron chi connectivity index (χ3n) is 6.39. The lowest BCUT2D eigenvalue weighted by Gasteiger charge is -2.49. The average molecular weight is 287 g/mol. The molecule has 1 fully saturated rings. The Hall–Kier alpha value is -0.860. The Kier molecular flexibility index (Phi) is 3.87. The molecule has 1 saturated carbocycles. The van der Waals surface area contributed by atoms with E-state index in [-0.39, 0.29) is 5.41 Å².